The Hall–Kier alpha value is -2.03. The smallest absolute Gasteiger partial charge is 0.127 e. The minimum absolute atomic E-state index is 0.0985. The molecule has 0 atom stereocenters. The molecule has 0 amide bonds. The van der Waals surface area contributed by atoms with Crippen molar-refractivity contribution in [3.05, 3.63) is 42.0 Å². The molecule has 1 aliphatic rings. The highest BCUT2D eigenvalue weighted by Crippen LogP contribution is 2.32. The zero-order chi connectivity index (χ0) is 12.5. The van der Waals surface area contributed by atoms with Gasteiger partial charge in [0.05, 0.1) is 6.10 Å². The van der Waals surface area contributed by atoms with Crippen molar-refractivity contribution in [1.82, 2.24) is 0 Å². The van der Waals surface area contributed by atoms with Crippen LogP contribution < -0.4 is 10.5 Å². The Morgan fingerprint density at radius 1 is 1.11 bits per heavy atom. The molecule has 2 aromatic rings. The second-order valence-corrected chi connectivity index (χ2v) is 4.74. The summed E-state index contributed by atoms with van der Waals surface area (Å²) in [6.07, 6.45) is 3.90. The average molecular weight is 240 g/mol. The van der Waals surface area contributed by atoms with Crippen molar-refractivity contribution in [1.29, 1.82) is 5.41 Å². The van der Waals surface area contributed by atoms with Crippen LogP contribution >= 0.6 is 0 Å². The normalized spacial score (nSPS) is 15.3. The third kappa shape index (κ3) is 1.82. The van der Waals surface area contributed by atoms with Crippen LogP contribution in [0.15, 0.2) is 36.4 Å². The van der Waals surface area contributed by atoms with E-state index in [4.69, 9.17) is 15.9 Å². The molecule has 1 saturated carbocycles. The van der Waals surface area contributed by atoms with E-state index in [1.807, 2.05) is 36.4 Å². The van der Waals surface area contributed by atoms with E-state index in [0.29, 0.717) is 6.10 Å². The fraction of sp³-hybridized carbons (Fsp3) is 0.267. The molecule has 0 unspecified atom stereocenters. The highest BCUT2D eigenvalue weighted by molar-refractivity contribution is 6.09. The number of rotatable bonds is 3. The van der Waals surface area contributed by atoms with Gasteiger partial charge in [-0.2, -0.15) is 0 Å². The van der Waals surface area contributed by atoms with E-state index in [0.717, 1.165) is 34.9 Å². The molecule has 0 bridgehead atoms. The number of nitrogen functional groups attached to an aromatic ring is 1. The Labute approximate surface area is 106 Å². The third-order valence-electron chi connectivity index (χ3n) is 3.52. The molecule has 0 heterocycles. The number of nitrogens with one attached hydrogen (secondary N) is 1. The topological polar surface area (TPSA) is 59.1 Å². The molecular weight excluding hydrogens is 224 g/mol. The fourth-order valence-electron chi connectivity index (χ4n) is 2.28. The Balaban J connectivity index is 2.10. The van der Waals surface area contributed by atoms with Crippen LogP contribution in [0.4, 0.5) is 0 Å². The van der Waals surface area contributed by atoms with Crippen molar-refractivity contribution in [2.24, 2.45) is 5.73 Å². The monoisotopic (exact) mass is 240 g/mol. The first-order valence-electron chi connectivity index (χ1n) is 6.28. The van der Waals surface area contributed by atoms with E-state index in [9.17, 15) is 0 Å². The second kappa shape index (κ2) is 4.33. The number of amidine groups is 1. The summed E-state index contributed by atoms with van der Waals surface area (Å²) in [7, 11) is 0. The van der Waals surface area contributed by atoms with Crippen molar-refractivity contribution in [3.63, 3.8) is 0 Å². The van der Waals surface area contributed by atoms with Gasteiger partial charge in [-0.3, -0.25) is 5.41 Å². The lowest BCUT2D eigenvalue weighted by atomic mass is 9.96. The standard InChI is InChI=1S/C15H16N2O/c16-15(17)13-8-9-14(18-10-4-3-5-10)12-7-2-1-6-11(12)13/h1-2,6-10H,3-5H2,(H3,16,17). The molecule has 3 rings (SSSR count). The van der Waals surface area contributed by atoms with Crippen LogP contribution in [0.2, 0.25) is 0 Å². The zero-order valence-corrected chi connectivity index (χ0v) is 10.1. The third-order valence-corrected chi connectivity index (χ3v) is 3.52. The van der Waals surface area contributed by atoms with Gasteiger partial charge in [0.1, 0.15) is 11.6 Å². The molecule has 3 nitrogen and oxygen atoms in total. The van der Waals surface area contributed by atoms with Gasteiger partial charge in [0.15, 0.2) is 0 Å². The SMILES string of the molecule is N=C(N)c1ccc(OC2CCC2)c2ccccc12. The van der Waals surface area contributed by atoms with Gasteiger partial charge in [0.2, 0.25) is 0 Å². The van der Waals surface area contributed by atoms with Crippen LogP contribution in [-0.2, 0) is 0 Å². The van der Waals surface area contributed by atoms with Crippen molar-refractivity contribution < 1.29 is 4.74 Å². The summed E-state index contributed by atoms with van der Waals surface area (Å²) in [5, 5.41) is 9.64. The summed E-state index contributed by atoms with van der Waals surface area (Å²) in [5.41, 5.74) is 6.38. The highest BCUT2D eigenvalue weighted by atomic mass is 16.5. The van der Waals surface area contributed by atoms with E-state index in [-0.39, 0.29) is 5.84 Å². The number of hydrogen-bond donors (Lipinski definition) is 2. The molecule has 0 saturated heterocycles. The van der Waals surface area contributed by atoms with Crippen molar-refractivity contribution in [2.75, 3.05) is 0 Å². The molecule has 1 aliphatic carbocycles. The first kappa shape index (κ1) is 11.1. The van der Waals surface area contributed by atoms with E-state index >= 15 is 0 Å². The van der Waals surface area contributed by atoms with Gasteiger partial charge in [0, 0.05) is 10.9 Å². The number of hydrogen-bond acceptors (Lipinski definition) is 2. The Kier molecular flexibility index (Phi) is 2.67. The van der Waals surface area contributed by atoms with Gasteiger partial charge < -0.3 is 10.5 Å². The molecule has 2 aromatic carbocycles. The maximum atomic E-state index is 7.61. The van der Waals surface area contributed by atoms with Crippen molar-refractivity contribution in [2.45, 2.75) is 25.4 Å². The van der Waals surface area contributed by atoms with Crippen LogP contribution in [0.3, 0.4) is 0 Å². The molecule has 0 aromatic heterocycles. The Morgan fingerprint density at radius 2 is 1.83 bits per heavy atom. The fourth-order valence-corrected chi connectivity index (χ4v) is 2.28. The number of nitrogens with two attached hydrogens (primary N) is 1. The summed E-state index contributed by atoms with van der Waals surface area (Å²) in [4.78, 5) is 0. The van der Waals surface area contributed by atoms with E-state index < -0.39 is 0 Å². The minimum atomic E-state index is 0.0985. The number of fused-ring (bicyclic) bond motifs is 1. The van der Waals surface area contributed by atoms with Crippen LogP contribution in [0.25, 0.3) is 10.8 Å². The molecule has 3 N–H and O–H groups in total. The largest absolute Gasteiger partial charge is 0.490 e. The van der Waals surface area contributed by atoms with Crippen molar-refractivity contribution in [3.8, 4) is 5.75 Å². The highest BCUT2D eigenvalue weighted by Gasteiger charge is 2.20. The molecule has 1 fully saturated rings. The van der Waals surface area contributed by atoms with Crippen LogP contribution in [0.5, 0.6) is 5.75 Å². The van der Waals surface area contributed by atoms with Gasteiger partial charge in [-0.1, -0.05) is 24.3 Å². The second-order valence-electron chi connectivity index (χ2n) is 4.74. The zero-order valence-electron chi connectivity index (χ0n) is 10.1. The van der Waals surface area contributed by atoms with E-state index in [1.54, 1.807) is 0 Å². The lowest BCUT2D eigenvalue weighted by Crippen LogP contribution is -2.24. The molecule has 0 spiro atoms. The maximum Gasteiger partial charge on any atom is 0.127 e. The summed E-state index contributed by atoms with van der Waals surface area (Å²) < 4.78 is 5.99. The maximum absolute atomic E-state index is 7.61. The van der Waals surface area contributed by atoms with E-state index in [1.165, 1.54) is 6.42 Å². The molecule has 92 valence electrons. The summed E-state index contributed by atoms with van der Waals surface area (Å²) in [6, 6.07) is 11.8. The van der Waals surface area contributed by atoms with Gasteiger partial charge >= 0.3 is 0 Å². The first-order chi connectivity index (χ1) is 8.75. The lowest BCUT2D eigenvalue weighted by molar-refractivity contribution is 0.122. The van der Waals surface area contributed by atoms with Gasteiger partial charge in [0.25, 0.3) is 0 Å². The average Bonchev–Trinajstić information content (AvgIpc) is 2.33. The summed E-state index contributed by atoms with van der Waals surface area (Å²) in [6.45, 7) is 0. The predicted molar refractivity (Wildman–Crippen MR) is 73.2 cm³/mol. The van der Waals surface area contributed by atoms with Gasteiger partial charge in [-0.25, -0.2) is 0 Å². The number of ether oxygens (including phenoxy) is 1. The van der Waals surface area contributed by atoms with Crippen LogP contribution in [-0.4, -0.2) is 11.9 Å². The molecular formula is C15H16N2O. The number of benzene rings is 2. The quantitative estimate of drug-likeness (QED) is 0.640. The Bertz CT molecular complexity index is 602. The predicted octanol–water partition coefficient (Wildman–Crippen LogP) is 3.06. The van der Waals surface area contributed by atoms with Crippen LogP contribution in [0, 0.1) is 5.41 Å². The molecule has 0 radical (unpaired) electrons. The molecule has 18 heavy (non-hydrogen) atoms. The van der Waals surface area contributed by atoms with Crippen molar-refractivity contribution >= 4 is 16.6 Å². The van der Waals surface area contributed by atoms with E-state index in [2.05, 4.69) is 0 Å². The molecule has 0 aliphatic heterocycles. The van der Waals surface area contributed by atoms with Gasteiger partial charge in [-0.15, -0.1) is 0 Å². The summed E-state index contributed by atoms with van der Waals surface area (Å²) in [5.74, 6) is 1.00. The lowest BCUT2D eigenvalue weighted by Gasteiger charge is -2.27. The summed E-state index contributed by atoms with van der Waals surface area (Å²) >= 11 is 0. The van der Waals surface area contributed by atoms with Crippen LogP contribution in [0.1, 0.15) is 24.8 Å². The molecule has 3 heteroatoms. The minimum Gasteiger partial charge on any atom is -0.490 e. The Morgan fingerprint density at radius 3 is 2.44 bits per heavy atom. The first-order valence-corrected chi connectivity index (χ1v) is 6.28. The van der Waals surface area contributed by atoms with Gasteiger partial charge in [-0.05, 0) is 36.8 Å².